The number of carboxylic acid groups (broad SMARTS) is 1. The summed E-state index contributed by atoms with van der Waals surface area (Å²) in [4.78, 5) is 13.0. The van der Waals surface area contributed by atoms with Crippen LogP contribution in [-0.4, -0.2) is 32.5 Å². The van der Waals surface area contributed by atoms with Crippen molar-refractivity contribution < 1.29 is 28.1 Å². The fourth-order valence-electron chi connectivity index (χ4n) is 4.59. The second-order valence-electron chi connectivity index (χ2n) is 8.95. The number of carbonyl (C=O) groups is 1. The molecule has 0 aliphatic carbocycles. The van der Waals surface area contributed by atoms with Gasteiger partial charge in [0.1, 0.15) is 0 Å². The van der Waals surface area contributed by atoms with Crippen LogP contribution in [0.1, 0.15) is 52.4 Å². The third kappa shape index (κ3) is 6.11. The number of hydrogen-bond acceptors (Lipinski definition) is 5. The van der Waals surface area contributed by atoms with Gasteiger partial charge in [-0.3, -0.25) is 9.11 Å². The number of halogens is 1. The molecule has 1 heterocycles. The molecule has 186 valence electrons. The van der Waals surface area contributed by atoms with E-state index in [1.54, 1.807) is 0 Å². The van der Waals surface area contributed by atoms with Crippen LogP contribution in [0.4, 0.5) is 15.8 Å². The average molecular weight is 492 g/mol. The van der Waals surface area contributed by atoms with Gasteiger partial charge in [-0.2, -0.15) is 10.6 Å². The first-order valence-electron chi connectivity index (χ1n) is 11.7. The molecule has 0 spiro atoms. The lowest BCUT2D eigenvalue weighted by molar-refractivity contribution is -0.131. The highest BCUT2D eigenvalue weighted by atomic mass is 32.3. The van der Waals surface area contributed by atoms with Gasteiger partial charge in [-0.1, -0.05) is 57.7 Å². The summed E-state index contributed by atoms with van der Waals surface area (Å²) in [6, 6.07) is 12.1. The van der Waals surface area contributed by atoms with Crippen molar-refractivity contribution in [2.75, 3.05) is 17.2 Å². The van der Waals surface area contributed by atoms with Crippen molar-refractivity contribution in [1.29, 1.82) is 0 Å². The molecule has 6 nitrogen and oxygen atoms in total. The van der Waals surface area contributed by atoms with Crippen LogP contribution in [0.2, 0.25) is 0 Å². The highest BCUT2D eigenvalue weighted by molar-refractivity contribution is 8.24. The van der Waals surface area contributed by atoms with Crippen LogP contribution in [0.3, 0.4) is 0 Å². The van der Waals surface area contributed by atoms with Crippen LogP contribution in [-0.2, 0) is 4.79 Å². The number of ether oxygens (including phenoxy) is 1. The van der Waals surface area contributed by atoms with Crippen molar-refractivity contribution in [2.24, 2.45) is 5.41 Å². The number of aliphatic carboxylic acids is 1. The van der Waals surface area contributed by atoms with Crippen LogP contribution in [0.5, 0.6) is 5.75 Å². The maximum Gasteiger partial charge on any atom is 0.331 e. The summed E-state index contributed by atoms with van der Waals surface area (Å²) in [5.74, 6) is -2.00. The molecule has 1 aliphatic rings. The Kier molecular flexibility index (Phi) is 8.62. The van der Waals surface area contributed by atoms with Crippen molar-refractivity contribution in [3.63, 3.8) is 0 Å². The summed E-state index contributed by atoms with van der Waals surface area (Å²) in [7, 11) is -3.30. The maximum absolute atomic E-state index is 15.1. The van der Waals surface area contributed by atoms with Gasteiger partial charge in [-0.25, -0.2) is 9.18 Å². The summed E-state index contributed by atoms with van der Waals surface area (Å²) in [5, 5.41) is 8.79. The fourth-order valence-corrected chi connectivity index (χ4v) is 6.78. The zero-order valence-corrected chi connectivity index (χ0v) is 20.6. The minimum atomic E-state index is -3.30. The first-order valence-corrected chi connectivity index (χ1v) is 13.4. The molecule has 0 fully saturated rings. The predicted molar refractivity (Wildman–Crippen MR) is 135 cm³/mol. The van der Waals surface area contributed by atoms with Gasteiger partial charge in [0.25, 0.3) is 0 Å². The van der Waals surface area contributed by atoms with Crippen molar-refractivity contribution in [1.82, 2.24) is 0 Å². The largest absolute Gasteiger partial charge is 0.478 e. The smallest absolute Gasteiger partial charge is 0.331 e. The highest BCUT2D eigenvalue weighted by Gasteiger charge is 2.42. The normalized spacial score (nSPS) is 17.7. The number of fused-ring (bicyclic) bond motifs is 1. The first-order chi connectivity index (χ1) is 16.2. The van der Waals surface area contributed by atoms with Gasteiger partial charge in [-0.05, 0) is 25.0 Å². The molecule has 0 radical (unpaired) electrons. The molecule has 0 amide bonds. The van der Waals surface area contributed by atoms with Gasteiger partial charge >= 0.3 is 5.97 Å². The molecule has 0 aromatic heterocycles. The van der Waals surface area contributed by atoms with Crippen LogP contribution in [0.25, 0.3) is 0 Å². The summed E-state index contributed by atoms with van der Waals surface area (Å²) in [5.41, 5.74) is 0.880. The van der Waals surface area contributed by atoms with Gasteiger partial charge in [0.15, 0.2) is 11.6 Å². The Balaban J connectivity index is 2.17. The number of benzene rings is 2. The number of anilines is 2. The Morgan fingerprint density at radius 3 is 2.38 bits per heavy atom. The highest BCUT2D eigenvalue weighted by Crippen LogP contribution is 2.61. The Hall–Kier alpha value is -2.55. The predicted octanol–water partition coefficient (Wildman–Crippen LogP) is 7.43. The first kappa shape index (κ1) is 26.1. The lowest BCUT2D eigenvalue weighted by atomic mass is 9.79. The van der Waals surface area contributed by atoms with E-state index in [1.165, 1.54) is 12.1 Å². The Labute approximate surface area is 202 Å². The molecule has 34 heavy (non-hydrogen) atoms. The topological polar surface area (TPSA) is 90.2 Å². The number of para-hydroxylation sites is 1. The molecular weight excluding hydrogens is 457 g/mol. The number of unbranched alkanes of at least 4 members (excludes halogenated alkanes) is 2. The third-order valence-electron chi connectivity index (χ3n) is 6.25. The number of hydrogen-bond donors (Lipinski definition) is 3. The van der Waals surface area contributed by atoms with Crippen LogP contribution < -0.4 is 9.64 Å². The SMILES string of the molecule is CCCCC1(CCCC)CN(c2ccccc2)c2cc(F)c(O/C=C/C(=O)O)cc2S(O)(O)C1. The summed E-state index contributed by atoms with van der Waals surface area (Å²) in [6.07, 6.45) is 7.20. The second kappa shape index (κ2) is 11.3. The Bertz CT molecular complexity index is 1000. The van der Waals surface area contributed by atoms with Crippen molar-refractivity contribution in [2.45, 2.75) is 57.3 Å². The molecule has 8 heteroatoms. The lowest BCUT2D eigenvalue weighted by Crippen LogP contribution is -2.37. The zero-order valence-electron chi connectivity index (χ0n) is 19.7. The van der Waals surface area contributed by atoms with E-state index in [1.807, 2.05) is 35.2 Å². The monoisotopic (exact) mass is 491 g/mol. The molecule has 2 aromatic rings. The quantitative estimate of drug-likeness (QED) is 0.236. The van der Waals surface area contributed by atoms with Crippen LogP contribution in [0, 0.1) is 11.2 Å². The Morgan fingerprint density at radius 1 is 1.15 bits per heavy atom. The lowest BCUT2D eigenvalue weighted by Gasteiger charge is -2.42. The van der Waals surface area contributed by atoms with E-state index in [9.17, 15) is 13.9 Å². The molecule has 0 saturated heterocycles. The van der Waals surface area contributed by atoms with Crippen LogP contribution in [0.15, 0.2) is 59.7 Å². The van der Waals surface area contributed by atoms with E-state index in [-0.39, 0.29) is 21.8 Å². The molecule has 0 unspecified atom stereocenters. The Morgan fingerprint density at radius 2 is 1.79 bits per heavy atom. The van der Waals surface area contributed by atoms with Gasteiger partial charge < -0.3 is 14.7 Å². The van der Waals surface area contributed by atoms with E-state index >= 15 is 4.39 Å². The minimum Gasteiger partial charge on any atom is -0.478 e. The van der Waals surface area contributed by atoms with E-state index in [0.717, 1.165) is 56.6 Å². The third-order valence-corrected chi connectivity index (χ3v) is 8.30. The molecule has 3 N–H and O–H groups in total. The standard InChI is InChI=1S/C26H34FNO5S/c1-3-5-13-26(14-6-4-2)18-28(20-10-8-7-9-11-20)22-16-21(27)23(33-15-12-25(29)30)17-24(22)34(31,32)19-26/h7-12,15-17,31-32H,3-6,13-14,18-19H2,1-2H3,(H,29,30)/b15-12+. The second-order valence-corrected chi connectivity index (χ2v) is 11.0. The number of nitrogens with zero attached hydrogens (tertiary/aromatic N) is 1. The van der Waals surface area contributed by atoms with E-state index in [0.29, 0.717) is 12.2 Å². The minimum absolute atomic E-state index is 0.187. The van der Waals surface area contributed by atoms with Gasteiger partial charge in [0, 0.05) is 35.5 Å². The van der Waals surface area contributed by atoms with Gasteiger partial charge in [-0.15, -0.1) is 0 Å². The molecule has 0 atom stereocenters. The van der Waals surface area contributed by atoms with E-state index in [2.05, 4.69) is 13.8 Å². The number of carboxylic acids is 1. The average Bonchev–Trinajstić information content (AvgIpc) is 2.89. The number of rotatable bonds is 10. The maximum atomic E-state index is 15.1. The molecule has 2 aromatic carbocycles. The summed E-state index contributed by atoms with van der Waals surface area (Å²) < 4.78 is 43.2. The molecule has 0 saturated carbocycles. The zero-order chi connectivity index (χ0) is 24.8. The summed E-state index contributed by atoms with van der Waals surface area (Å²) in [6.45, 7) is 4.78. The molecule has 3 rings (SSSR count). The molecule has 0 bridgehead atoms. The fraction of sp³-hybridized carbons (Fsp3) is 0.423. The molecule has 1 aliphatic heterocycles. The van der Waals surface area contributed by atoms with Crippen LogP contribution >= 0.6 is 10.6 Å². The van der Waals surface area contributed by atoms with Gasteiger partial charge in [0.05, 0.1) is 22.9 Å². The summed E-state index contributed by atoms with van der Waals surface area (Å²) >= 11 is 0. The van der Waals surface area contributed by atoms with Gasteiger partial charge in [0.2, 0.25) is 0 Å². The van der Waals surface area contributed by atoms with E-state index in [4.69, 9.17) is 9.84 Å². The molecular formula is C26H34FNO5S. The van der Waals surface area contributed by atoms with Crippen molar-refractivity contribution in [3.05, 3.63) is 60.6 Å². The van der Waals surface area contributed by atoms with E-state index < -0.39 is 22.4 Å². The van der Waals surface area contributed by atoms with Crippen molar-refractivity contribution in [3.8, 4) is 5.75 Å². The van der Waals surface area contributed by atoms with Crippen molar-refractivity contribution >= 4 is 27.9 Å².